The summed E-state index contributed by atoms with van der Waals surface area (Å²) in [4.78, 5) is 11.2. The molecule has 0 aromatic rings. The third-order valence-corrected chi connectivity index (χ3v) is 1.59. The van der Waals surface area contributed by atoms with Crippen LogP contribution in [0.5, 0.6) is 0 Å². The van der Waals surface area contributed by atoms with Crippen LogP contribution in [0.25, 0.3) is 0 Å². The number of carbonyl (C=O) groups excluding carboxylic acids is 1. The Hall–Kier alpha value is -1.12. The third-order valence-electron chi connectivity index (χ3n) is 1.59. The Morgan fingerprint density at radius 1 is 1.77 bits per heavy atom. The van der Waals surface area contributed by atoms with E-state index in [-0.39, 0.29) is 18.4 Å². The number of nitrogens with two attached hydrogens (primary N) is 1. The summed E-state index contributed by atoms with van der Waals surface area (Å²) in [5.74, 6) is -0.466. The number of nitrogens with zero attached hydrogens (tertiary/aromatic N) is 1. The predicted octanol–water partition coefficient (Wildman–Crippen LogP) is -0.764. The van der Waals surface area contributed by atoms with Crippen LogP contribution >= 0.6 is 0 Å². The van der Waals surface area contributed by atoms with E-state index in [4.69, 9.17) is 15.7 Å². The summed E-state index contributed by atoms with van der Waals surface area (Å²) < 4.78 is 4.81. The Morgan fingerprint density at radius 3 is 2.77 bits per heavy atom. The largest absolute Gasteiger partial charge is 0.370 e. The fourth-order valence-electron chi connectivity index (χ4n) is 0.723. The zero-order valence-electron chi connectivity index (χ0n) is 7.91. The Bertz CT molecular complexity index is 196. The predicted molar refractivity (Wildman–Crippen MR) is 47.6 cm³/mol. The lowest BCUT2D eigenvalue weighted by atomic mass is 10.2. The third kappa shape index (κ3) is 4.45. The maximum atomic E-state index is 11.2. The molecule has 0 fully saturated rings. The summed E-state index contributed by atoms with van der Waals surface area (Å²) in [6.07, 6.45) is -0.620. The lowest BCUT2D eigenvalue weighted by Gasteiger charge is -2.13. The molecule has 0 saturated carbocycles. The fraction of sp³-hybridized carbons (Fsp3) is 0.750. The summed E-state index contributed by atoms with van der Waals surface area (Å²) in [5, 5.41) is 11.0. The van der Waals surface area contributed by atoms with Gasteiger partial charge in [0, 0.05) is 20.2 Å². The molecule has 0 rings (SSSR count). The zero-order valence-corrected chi connectivity index (χ0v) is 7.91. The van der Waals surface area contributed by atoms with Crippen molar-refractivity contribution in [2.45, 2.75) is 13.0 Å². The average molecular weight is 185 g/mol. The van der Waals surface area contributed by atoms with Crippen LogP contribution in [0.3, 0.4) is 0 Å². The van der Waals surface area contributed by atoms with Gasteiger partial charge >= 0.3 is 0 Å². The second kappa shape index (κ2) is 6.40. The van der Waals surface area contributed by atoms with Gasteiger partial charge in [0.2, 0.25) is 5.91 Å². The van der Waals surface area contributed by atoms with Gasteiger partial charge in [-0.2, -0.15) is 5.26 Å². The van der Waals surface area contributed by atoms with E-state index >= 15 is 0 Å². The molecule has 5 nitrogen and oxygen atoms in total. The van der Waals surface area contributed by atoms with Gasteiger partial charge in [0.05, 0.1) is 12.0 Å². The number of ether oxygens (including phenoxy) is 1. The Kier molecular flexibility index (Phi) is 5.85. The number of nitrogens with one attached hydrogen (secondary N) is 1. The number of methoxy groups -OCH3 is 1. The van der Waals surface area contributed by atoms with E-state index in [2.05, 4.69) is 5.32 Å². The van der Waals surface area contributed by atoms with E-state index in [0.29, 0.717) is 6.54 Å². The summed E-state index contributed by atoms with van der Waals surface area (Å²) >= 11 is 0. The molecule has 0 radical (unpaired) electrons. The Morgan fingerprint density at radius 2 is 2.38 bits per heavy atom. The molecule has 3 N–H and O–H groups in total. The number of amides is 1. The van der Waals surface area contributed by atoms with Crippen molar-refractivity contribution in [1.29, 1.82) is 5.26 Å². The van der Waals surface area contributed by atoms with E-state index in [1.165, 1.54) is 7.11 Å². The van der Waals surface area contributed by atoms with Gasteiger partial charge in [-0.1, -0.05) is 0 Å². The van der Waals surface area contributed by atoms with Gasteiger partial charge in [-0.15, -0.1) is 0 Å². The first-order valence-electron chi connectivity index (χ1n) is 4.05. The van der Waals surface area contributed by atoms with E-state index < -0.39 is 6.10 Å². The minimum atomic E-state index is -0.620. The van der Waals surface area contributed by atoms with Crippen molar-refractivity contribution in [3.05, 3.63) is 0 Å². The summed E-state index contributed by atoms with van der Waals surface area (Å²) in [5.41, 5.74) is 5.27. The van der Waals surface area contributed by atoms with Crippen LogP contribution in [0.4, 0.5) is 0 Å². The number of nitriles is 1. The highest BCUT2D eigenvalue weighted by Gasteiger charge is 2.15. The minimum absolute atomic E-state index is 0.142. The van der Waals surface area contributed by atoms with Crippen LogP contribution in [-0.2, 0) is 9.53 Å². The van der Waals surface area contributed by atoms with Crippen molar-refractivity contribution >= 4 is 5.91 Å². The average Bonchev–Trinajstić information content (AvgIpc) is 2.16. The van der Waals surface area contributed by atoms with Crippen LogP contribution < -0.4 is 11.1 Å². The molecule has 0 spiro atoms. The molecule has 2 unspecified atom stereocenters. The summed E-state index contributed by atoms with van der Waals surface area (Å²) in [6.45, 7) is 2.20. The number of carbonyl (C=O) groups is 1. The molecule has 0 saturated heterocycles. The Balaban J connectivity index is 3.80. The number of hydrogen-bond donors (Lipinski definition) is 2. The molecule has 0 bridgehead atoms. The van der Waals surface area contributed by atoms with Gasteiger partial charge in [0.1, 0.15) is 6.10 Å². The van der Waals surface area contributed by atoms with Crippen LogP contribution in [0.15, 0.2) is 0 Å². The molecule has 0 aliphatic rings. The van der Waals surface area contributed by atoms with Gasteiger partial charge in [0.15, 0.2) is 0 Å². The molecular formula is C8H15N3O2. The van der Waals surface area contributed by atoms with Crippen molar-refractivity contribution in [3.8, 4) is 6.07 Å². The molecule has 1 amide bonds. The molecule has 0 aliphatic carbocycles. The molecule has 5 heteroatoms. The van der Waals surface area contributed by atoms with Crippen molar-refractivity contribution in [2.75, 3.05) is 20.2 Å². The number of hydrogen-bond acceptors (Lipinski definition) is 4. The molecule has 0 heterocycles. The van der Waals surface area contributed by atoms with E-state index in [0.717, 1.165) is 0 Å². The first-order chi connectivity index (χ1) is 6.15. The first kappa shape index (κ1) is 11.9. The number of rotatable bonds is 5. The monoisotopic (exact) mass is 185 g/mol. The van der Waals surface area contributed by atoms with Crippen molar-refractivity contribution < 1.29 is 9.53 Å². The highest BCUT2D eigenvalue weighted by molar-refractivity contribution is 5.80. The topological polar surface area (TPSA) is 88.1 Å². The second-order valence-electron chi connectivity index (χ2n) is 2.74. The molecule has 74 valence electrons. The van der Waals surface area contributed by atoms with Crippen molar-refractivity contribution in [3.63, 3.8) is 0 Å². The fourth-order valence-corrected chi connectivity index (χ4v) is 0.723. The first-order valence-corrected chi connectivity index (χ1v) is 4.05. The minimum Gasteiger partial charge on any atom is -0.370 e. The maximum absolute atomic E-state index is 11.2. The Labute approximate surface area is 77.9 Å². The van der Waals surface area contributed by atoms with Crippen molar-refractivity contribution in [1.82, 2.24) is 5.32 Å². The van der Waals surface area contributed by atoms with Crippen LogP contribution in [0.1, 0.15) is 6.92 Å². The van der Waals surface area contributed by atoms with Crippen LogP contribution in [0.2, 0.25) is 0 Å². The summed E-state index contributed by atoms with van der Waals surface area (Å²) in [7, 11) is 1.42. The van der Waals surface area contributed by atoms with Gasteiger partial charge in [-0.3, -0.25) is 4.79 Å². The normalized spacial score (nSPS) is 14.3. The molecule has 2 atom stereocenters. The van der Waals surface area contributed by atoms with Gasteiger partial charge in [0.25, 0.3) is 0 Å². The zero-order chi connectivity index (χ0) is 10.3. The standard InChI is InChI=1S/C8H15N3O2/c1-6(3-9)5-11-8(12)7(4-10)13-2/h6-7H,4-5,10H2,1-2H3,(H,11,12). The quantitative estimate of drug-likeness (QED) is 0.589. The van der Waals surface area contributed by atoms with E-state index in [1.807, 2.05) is 6.07 Å². The lowest BCUT2D eigenvalue weighted by Crippen LogP contribution is -2.41. The van der Waals surface area contributed by atoms with Crippen LogP contribution in [-0.4, -0.2) is 32.2 Å². The van der Waals surface area contributed by atoms with Crippen molar-refractivity contribution in [2.24, 2.45) is 11.7 Å². The SMILES string of the molecule is COC(CN)C(=O)NCC(C)C#N. The molecule has 13 heavy (non-hydrogen) atoms. The second-order valence-corrected chi connectivity index (χ2v) is 2.74. The molecule has 0 aromatic heterocycles. The van der Waals surface area contributed by atoms with Gasteiger partial charge in [-0.25, -0.2) is 0 Å². The van der Waals surface area contributed by atoms with Gasteiger partial charge in [-0.05, 0) is 6.92 Å². The van der Waals surface area contributed by atoms with E-state index in [1.54, 1.807) is 6.92 Å². The molecule has 0 aromatic carbocycles. The highest BCUT2D eigenvalue weighted by Crippen LogP contribution is 1.91. The summed E-state index contributed by atoms with van der Waals surface area (Å²) in [6, 6.07) is 2.01. The highest BCUT2D eigenvalue weighted by atomic mass is 16.5. The van der Waals surface area contributed by atoms with Gasteiger partial charge < -0.3 is 15.8 Å². The molecular weight excluding hydrogens is 170 g/mol. The van der Waals surface area contributed by atoms with E-state index in [9.17, 15) is 4.79 Å². The van der Waals surface area contributed by atoms with Crippen LogP contribution in [0, 0.1) is 17.2 Å². The molecule has 0 aliphatic heterocycles. The lowest BCUT2D eigenvalue weighted by molar-refractivity contribution is -0.130. The maximum Gasteiger partial charge on any atom is 0.250 e. The smallest absolute Gasteiger partial charge is 0.250 e.